The maximum absolute atomic E-state index is 13.0. The van der Waals surface area contributed by atoms with Crippen LogP contribution in [-0.2, 0) is 11.8 Å². The van der Waals surface area contributed by atoms with Crippen LogP contribution in [0.3, 0.4) is 0 Å². The Labute approximate surface area is 148 Å². The third kappa shape index (κ3) is 4.24. The molecule has 0 atom stereocenters. The number of aromatic nitrogens is 3. The minimum Gasteiger partial charge on any atom is -0.461 e. The zero-order valence-electron chi connectivity index (χ0n) is 13.6. The Morgan fingerprint density at radius 2 is 1.84 bits per heavy atom. The predicted molar refractivity (Wildman–Crippen MR) is 93.8 cm³/mol. The average Bonchev–Trinajstić information content (AvgIpc) is 3.01. The van der Waals surface area contributed by atoms with Crippen LogP contribution in [0, 0.1) is 5.82 Å². The summed E-state index contributed by atoms with van der Waals surface area (Å²) < 4.78 is 20.1. The van der Waals surface area contributed by atoms with Crippen LogP contribution in [0.4, 0.5) is 4.39 Å². The molecule has 128 valence electrons. The normalized spacial score (nSPS) is 10.6. The van der Waals surface area contributed by atoms with E-state index in [9.17, 15) is 9.18 Å². The molecule has 2 aromatic carbocycles. The first-order valence-corrected chi connectivity index (χ1v) is 8.64. The van der Waals surface area contributed by atoms with Crippen molar-refractivity contribution >= 4 is 17.7 Å². The number of rotatable bonds is 6. The fraction of sp³-hybridized carbons (Fsp3) is 0.167. The first-order chi connectivity index (χ1) is 12.1. The van der Waals surface area contributed by atoms with Crippen molar-refractivity contribution in [3.05, 3.63) is 66.0 Å². The van der Waals surface area contributed by atoms with Crippen molar-refractivity contribution in [2.24, 2.45) is 7.05 Å². The third-order valence-corrected chi connectivity index (χ3v) is 4.48. The second-order valence-corrected chi connectivity index (χ2v) is 6.28. The van der Waals surface area contributed by atoms with Gasteiger partial charge in [0.2, 0.25) is 0 Å². The van der Waals surface area contributed by atoms with E-state index in [1.807, 2.05) is 17.7 Å². The summed E-state index contributed by atoms with van der Waals surface area (Å²) in [5.74, 6) is 0.587. The Kier molecular flexibility index (Phi) is 5.45. The molecule has 0 fully saturated rings. The van der Waals surface area contributed by atoms with Crippen molar-refractivity contribution in [1.82, 2.24) is 14.8 Å². The van der Waals surface area contributed by atoms with Gasteiger partial charge in [-0.1, -0.05) is 30.0 Å². The number of hydrogen-bond acceptors (Lipinski definition) is 5. The van der Waals surface area contributed by atoms with Crippen molar-refractivity contribution in [3.63, 3.8) is 0 Å². The molecule has 0 bridgehead atoms. The minimum atomic E-state index is -0.342. The molecule has 0 aliphatic carbocycles. The van der Waals surface area contributed by atoms with Gasteiger partial charge in [0.05, 0.1) is 5.56 Å². The van der Waals surface area contributed by atoms with Gasteiger partial charge >= 0.3 is 5.97 Å². The van der Waals surface area contributed by atoms with Gasteiger partial charge in [-0.05, 0) is 36.4 Å². The number of carbonyl (C=O) groups is 1. The maximum Gasteiger partial charge on any atom is 0.338 e. The summed E-state index contributed by atoms with van der Waals surface area (Å²) in [5.41, 5.74) is 1.32. The number of benzene rings is 2. The van der Waals surface area contributed by atoms with Gasteiger partial charge in [-0.15, -0.1) is 10.2 Å². The van der Waals surface area contributed by atoms with E-state index in [0.29, 0.717) is 22.3 Å². The van der Waals surface area contributed by atoms with Crippen LogP contribution in [0.5, 0.6) is 0 Å². The molecule has 1 aromatic heterocycles. The van der Waals surface area contributed by atoms with Crippen molar-refractivity contribution < 1.29 is 13.9 Å². The van der Waals surface area contributed by atoms with Gasteiger partial charge in [-0.2, -0.15) is 0 Å². The number of halogens is 1. The smallest absolute Gasteiger partial charge is 0.338 e. The summed E-state index contributed by atoms with van der Waals surface area (Å²) >= 11 is 1.44. The number of carbonyl (C=O) groups excluding carboxylic acids is 1. The van der Waals surface area contributed by atoms with E-state index in [2.05, 4.69) is 10.2 Å². The van der Waals surface area contributed by atoms with Crippen molar-refractivity contribution in [2.45, 2.75) is 5.16 Å². The molecule has 7 heteroatoms. The van der Waals surface area contributed by atoms with E-state index in [-0.39, 0.29) is 18.4 Å². The molecule has 0 N–H and O–H groups in total. The number of nitrogens with zero attached hydrogens (tertiary/aromatic N) is 3. The Hall–Kier alpha value is -2.67. The van der Waals surface area contributed by atoms with Crippen LogP contribution >= 0.6 is 11.8 Å². The highest BCUT2D eigenvalue weighted by molar-refractivity contribution is 7.99. The summed E-state index contributed by atoms with van der Waals surface area (Å²) in [6, 6.07) is 15.0. The number of ether oxygens (including phenoxy) is 1. The molecule has 0 saturated carbocycles. The van der Waals surface area contributed by atoms with E-state index >= 15 is 0 Å². The molecule has 0 aliphatic heterocycles. The summed E-state index contributed by atoms with van der Waals surface area (Å²) in [7, 11) is 1.84. The summed E-state index contributed by atoms with van der Waals surface area (Å²) in [6.07, 6.45) is 0. The number of hydrogen-bond donors (Lipinski definition) is 0. The second-order valence-electron chi connectivity index (χ2n) is 5.22. The monoisotopic (exact) mass is 357 g/mol. The number of thioether (sulfide) groups is 1. The molecular weight excluding hydrogens is 341 g/mol. The van der Waals surface area contributed by atoms with Gasteiger partial charge in [-0.25, -0.2) is 9.18 Å². The predicted octanol–water partition coefficient (Wildman–Crippen LogP) is 3.57. The van der Waals surface area contributed by atoms with E-state index in [4.69, 9.17) is 4.74 Å². The molecule has 5 nitrogen and oxygen atoms in total. The Morgan fingerprint density at radius 1 is 1.12 bits per heavy atom. The number of esters is 1. The molecule has 0 amide bonds. The molecule has 0 saturated heterocycles. The lowest BCUT2D eigenvalue weighted by atomic mass is 10.2. The topological polar surface area (TPSA) is 57.0 Å². The second kappa shape index (κ2) is 7.94. The van der Waals surface area contributed by atoms with Crippen molar-refractivity contribution in [2.75, 3.05) is 12.4 Å². The Morgan fingerprint density at radius 3 is 2.56 bits per heavy atom. The third-order valence-electron chi connectivity index (χ3n) is 3.49. The van der Waals surface area contributed by atoms with E-state index in [1.54, 1.807) is 36.4 Å². The molecule has 0 radical (unpaired) electrons. The first-order valence-electron chi connectivity index (χ1n) is 7.65. The van der Waals surface area contributed by atoms with Gasteiger partial charge in [0.25, 0.3) is 0 Å². The van der Waals surface area contributed by atoms with Gasteiger partial charge in [0.15, 0.2) is 11.0 Å². The van der Waals surface area contributed by atoms with E-state index in [1.165, 1.54) is 23.9 Å². The van der Waals surface area contributed by atoms with Crippen LogP contribution in [0.25, 0.3) is 11.4 Å². The highest BCUT2D eigenvalue weighted by Gasteiger charge is 2.12. The molecular formula is C18H16FN3O2S. The molecule has 1 heterocycles. The van der Waals surface area contributed by atoms with Gasteiger partial charge in [0.1, 0.15) is 12.4 Å². The van der Waals surface area contributed by atoms with Crippen LogP contribution < -0.4 is 0 Å². The summed E-state index contributed by atoms with van der Waals surface area (Å²) in [5, 5.41) is 8.97. The lowest BCUT2D eigenvalue weighted by molar-refractivity contribution is 0.0530. The zero-order valence-corrected chi connectivity index (χ0v) is 14.4. The lowest BCUT2D eigenvalue weighted by Gasteiger charge is -2.05. The van der Waals surface area contributed by atoms with E-state index in [0.717, 1.165) is 5.56 Å². The molecule has 0 aliphatic rings. The highest BCUT2D eigenvalue weighted by atomic mass is 32.2. The quantitative estimate of drug-likeness (QED) is 0.383. The minimum absolute atomic E-state index is 0.275. The summed E-state index contributed by atoms with van der Waals surface area (Å²) in [4.78, 5) is 11.8. The van der Waals surface area contributed by atoms with Crippen LogP contribution in [0.1, 0.15) is 10.4 Å². The first kappa shape index (κ1) is 17.2. The van der Waals surface area contributed by atoms with Gasteiger partial charge in [0, 0.05) is 18.4 Å². The van der Waals surface area contributed by atoms with Crippen molar-refractivity contribution in [3.8, 4) is 11.4 Å². The molecule has 3 rings (SSSR count). The summed E-state index contributed by atoms with van der Waals surface area (Å²) in [6.45, 7) is 0.275. The van der Waals surface area contributed by atoms with Gasteiger partial charge < -0.3 is 9.30 Å². The lowest BCUT2D eigenvalue weighted by Crippen LogP contribution is -2.08. The van der Waals surface area contributed by atoms with E-state index < -0.39 is 0 Å². The molecule has 3 aromatic rings. The highest BCUT2D eigenvalue weighted by Crippen LogP contribution is 2.22. The Balaban J connectivity index is 1.54. The zero-order chi connectivity index (χ0) is 17.6. The standard InChI is InChI=1S/C18H16FN3O2S/c1-22-16(13-7-9-15(19)10-8-13)20-21-18(22)25-12-11-24-17(23)14-5-3-2-4-6-14/h2-10H,11-12H2,1H3. The average molecular weight is 357 g/mol. The SMILES string of the molecule is Cn1c(SCCOC(=O)c2ccccc2)nnc1-c1ccc(F)cc1. The Bertz CT molecular complexity index is 851. The fourth-order valence-electron chi connectivity index (χ4n) is 2.22. The largest absolute Gasteiger partial charge is 0.461 e. The molecule has 25 heavy (non-hydrogen) atoms. The fourth-order valence-corrected chi connectivity index (χ4v) is 2.94. The maximum atomic E-state index is 13.0. The van der Waals surface area contributed by atoms with Crippen LogP contribution in [0.15, 0.2) is 59.8 Å². The molecule has 0 spiro atoms. The van der Waals surface area contributed by atoms with Crippen molar-refractivity contribution in [1.29, 1.82) is 0 Å². The van der Waals surface area contributed by atoms with Gasteiger partial charge in [-0.3, -0.25) is 0 Å². The van der Waals surface area contributed by atoms with Crippen LogP contribution in [-0.4, -0.2) is 33.1 Å². The van der Waals surface area contributed by atoms with Crippen LogP contribution in [0.2, 0.25) is 0 Å². The molecule has 0 unspecified atom stereocenters.